The van der Waals surface area contributed by atoms with E-state index in [4.69, 9.17) is 0 Å². The first-order valence-electron chi connectivity index (χ1n) is 3.72. The molecule has 1 aromatic carbocycles. The van der Waals surface area contributed by atoms with Crippen molar-refractivity contribution < 1.29 is 0 Å². The van der Waals surface area contributed by atoms with Crippen molar-refractivity contribution in [3.63, 3.8) is 0 Å². The smallest absolute Gasteiger partial charge is 0.0188 e. The highest BCUT2D eigenvalue weighted by Gasteiger charge is 1.78. The van der Waals surface area contributed by atoms with Crippen molar-refractivity contribution in [3.8, 4) is 0 Å². The summed E-state index contributed by atoms with van der Waals surface area (Å²) in [4.78, 5) is 0. The molecule has 1 rings (SSSR count). The molecule has 0 spiro atoms. The van der Waals surface area contributed by atoms with Crippen LogP contribution in [0, 0.1) is 0 Å². The van der Waals surface area contributed by atoms with Crippen molar-refractivity contribution in [1.82, 2.24) is 0 Å². The first kappa shape index (κ1) is 14.2. The maximum Gasteiger partial charge on any atom is -0.0188 e. The molecule has 0 bridgehead atoms. The van der Waals surface area contributed by atoms with Gasteiger partial charge < -0.3 is 0 Å². The summed E-state index contributed by atoms with van der Waals surface area (Å²) in [6.07, 6.45) is 5.91. The fourth-order valence-corrected chi connectivity index (χ4v) is 1.05. The van der Waals surface area contributed by atoms with E-state index in [0.29, 0.717) is 0 Å². The lowest BCUT2D eigenvalue weighted by atomic mass is 10.2. The van der Waals surface area contributed by atoms with Gasteiger partial charge in [-0.2, -0.15) is 0 Å². The summed E-state index contributed by atoms with van der Waals surface area (Å²) in [5.41, 5.74) is 0. The molecule has 0 heterocycles. The Morgan fingerprint density at radius 2 is 1.62 bits per heavy atom. The van der Waals surface area contributed by atoms with Crippen LogP contribution < -0.4 is 10.4 Å². The SMILES string of the molecule is C.C.C=C/C=c1/cccc/c1=C/C. The van der Waals surface area contributed by atoms with Crippen LogP contribution in [-0.2, 0) is 0 Å². The zero-order chi connectivity index (χ0) is 8.10. The molecule has 0 nitrogen and oxygen atoms in total. The van der Waals surface area contributed by atoms with Crippen LogP contribution in [0.1, 0.15) is 21.8 Å². The molecule has 72 valence electrons. The number of hydrogen-bond acceptors (Lipinski definition) is 0. The van der Waals surface area contributed by atoms with Crippen LogP contribution in [0.3, 0.4) is 0 Å². The second-order valence-electron chi connectivity index (χ2n) is 2.32. The zero-order valence-corrected chi connectivity index (χ0v) is 6.75. The maximum absolute atomic E-state index is 3.66. The van der Waals surface area contributed by atoms with E-state index in [1.807, 2.05) is 31.2 Å². The zero-order valence-electron chi connectivity index (χ0n) is 6.75. The highest BCUT2D eigenvalue weighted by molar-refractivity contribution is 5.37. The van der Waals surface area contributed by atoms with Crippen LogP contribution in [0.5, 0.6) is 0 Å². The van der Waals surface area contributed by atoms with Gasteiger partial charge in [0.05, 0.1) is 0 Å². The summed E-state index contributed by atoms with van der Waals surface area (Å²) in [5, 5.41) is 2.48. The normalized spacial score (nSPS) is 11.5. The van der Waals surface area contributed by atoms with Gasteiger partial charge in [-0.15, -0.1) is 0 Å². The predicted octanol–water partition coefficient (Wildman–Crippen LogP) is 2.73. The molecule has 0 unspecified atom stereocenters. The van der Waals surface area contributed by atoms with Crippen molar-refractivity contribution in [2.75, 3.05) is 0 Å². The molecular weight excluding hydrogens is 156 g/mol. The Morgan fingerprint density at radius 1 is 1.08 bits per heavy atom. The van der Waals surface area contributed by atoms with Crippen molar-refractivity contribution in [2.45, 2.75) is 21.8 Å². The van der Waals surface area contributed by atoms with Gasteiger partial charge in [0.2, 0.25) is 0 Å². The van der Waals surface area contributed by atoms with Crippen LogP contribution in [0.25, 0.3) is 12.2 Å². The lowest BCUT2D eigenvalue weighted by Gasteiger charge is -1.86. The molecular formula is C13H20. The van der Waals surface area contributed by atoms with Gasteiger partial charge in [0.15, 0.2) is 0 Å². The molecule has 0 heteroatoms. The number of benzene rings is 1. The fraction of sp³-hybridized carbons (Fsp3) is 0.231. The summed E-state index contributed by atoms with van der Waals surface area (Å²) in [6.45, 7) is 5.70. The Bertz CT molecular complexity index is 345. The number of hydrogen-bond donors (Lipinski definition) is 0. The quantitative estimate of drug-likeness (QED) is 0.617. The van der Waals surface area contributed by atoms with Crippen molar-refractivity contribution in [3.05, 3.63) is 47.4 Å². The van der Waals surface area contributed by atoms with Crippen LogP contribution >= 0.6 is 0 Å². The Hall–Kier alpha value is -1.30. The molecule has 0 fully saturated rings. The van der Waals surface area contributed by atoms with Gasteiger partial charge in [0.1, 0.15) is 0 Å². The lowest BCUT2D eigenvalue weighted by Crippen LogP contribution is -2.22. The first-order valence-corrected chi connectivity index (χ1v) is 3.72. The van der Waals surface area contributed by atoms with Gasteiger partial charge in [-0.1, -0.05) is 63.9 Å². The predicted molar refractivity (Wildman–Crippen MR) is 64.0 cm³/mol. The van der Waals surface area contributed by atoms with Gasteiger partial charge >= 0.3 is 0 Å². The standard InChI is InChI=1S/C11H12.2CH4/c1-3-7-11-9-6-5-8-10(11)4-2;;/h3-9H,1H2,2H3;2*1H4/b10-4-,11-7-;;. The highest BCUT2D eigenvalue weighted by Crippen LogP contribution is 1.72. The van der Waals surface area contributed by atoms with Crippen molar-refractivity contribution in [2.24, 2.45) is 0 Å². The minimum Gasteiger partial charge on any atom is -0.0990 e. The Morgan fingerprint density at radius 3 is 2.08 bits per heavy atom. The van der Waals surface area contributed by atoms with Gasteiger partial charge in [0.25, 0.3) is 0 Å². The topological polar surface area (TPSA) is 0 Å². The monoisotopic (exact) mass is 176 g/mol. The molecule has 0 aliphatic carbocycles. The average Bonchev–Trinajstić information content (AvgIpc) is 2.06. The Labute approximate surface area is 81.9 Å². The molecule has 0 aliphatic heterocycles. The van der Waals surface area contributed by atoms with E-state index >= 15 is 0 Å². The molecule has 0 atom stereocenters. The van der Waals surface area contributed by atoms with E-state index < -0.39 is 0 Å². The molecule has 0 radical (unpaired) electrons. The minimum atomic E-state index is 0. The largest absolute Gasteiger partial charge is 0.0990 e. The van der Waals surface area contributed by atoms with E-state index in [-0.39, 0.29) is 14.9 Å². The second-order valence-corrected chi connectivity index (χ2v) is 2.32. The Balaban J connectivity index is 0. The van der Waals surface area contributed by atoms with E-state index in [1.54, 1.807) is 0 Å². The van der Waals surface area contributed by atoms with Crippen LogP contribution in [-0.4, -0.2) is 0 Å². The average molecular weight is 176 g/mol. The lowest BCUT2D eigenvalue weighted by molar-refractivity contribution is 1.51. The Kier molecular flexibility index (Phi) is 8.05. The highest BCUT2D eigenvalue weighted by atomic mass is 13.8. The van der Waals surface area contributed by atoms with Crippen LogP contribution in [0.15, 0.2) is 36.9 Å². The molecule has 0 saturated carbocycles. The van der Waals surface area contributed by atoms with Gasteiger partial charge in [0, 0.05) is 0 Å². The number of rotatable bonds is 1. The van der Waals surface area contributed by atoms with Gasteiger partial charge in [-0.25, -0.2) is 0 Å². The molecule has 0 aliphatic rings. The molecule has 1 aromatic rings. The van der Waals surface area contributed by atoms with E-state index in [1.165, 1.54) is 10.4 Å². The third-order valence-corrected chi connectivity index (χ3v) is 1.60. The first-order chi connectivity index (χ1) is 5.38. The summed E-state index contributed by atoms with van der Waals surface area (Å²) >= 11 is 0. The third kappa shape index (κ3) is 3.75. The van der Waals surface area contributed by atoms with E-state index in [9.17, 15) is 0 Å². The minimum absolute atomic E-state index is 0. The second kappa shape index (κ2) is 7.35. The third-order valence-electron chi connectivity index (χ3n) is 1.60. The molecule has 0 saturated heterocycles. The summed E-state index contributed by atoms with van der Waals surface area (Å²) in [7, 11) is 0. The van der Waals surface area contributed by atoms with Crippen molar-refractivity contribution in [1.29, 1.82) is 0 Å². The summed E-state index contributed by atoms with van der Waals surface area (Å²) in [6, 6.07) is 8.24. The van der Waals surface area contributed by atoms with Gasteiger partial charge in [-0.3, -0.25) is 0 Å². The van der Waals surface area contributed by atoms with Crippen LogP contribution in [0.2, 0.25) is 0 Å². The molecule has 0 amide bonds. The van der Waals surface area contributed by atoms with E-state index in [0.717, 1.165) is 0 Å². The maximum atomic E-state index is 3.66. The molecule has 0 N–H and O–H groups in total. The summed E-state index contributed by atoms with van der Waals surface area (Å²) < 4.78 is 0. The fourth-order valence-electron chi connectivity index (χ4n) is 1.05. The number of allylic oxidation sites excluding steroid dienone is 1. The molecule has 0 aromatic heterocycles. The van der Waals surface area contributed by atoms with Crippen LogP contribution in [0.4, 0.5) is 0 Å². The molecule has 13 heavy (non-hydrogen) atoms. The van der Waals surface area contributed by atoms with Crippen molar-refractivity contribution >= 4 is 12.2 Å². The van der Waals surface area contributed by atoms with Gasteiger partial charge in [-0.05, 0) is 17.4 Å². The van der Waals surface area contributed by atoms with E-state index in [2.05, 4.69) is 24.8 Å². The summed E-state index contributed by atoms with van der Waals surface area (Å²) in [5.74, 6) is 0.